The monoisotopic (exact) mass is 392 g/mol. The molecule has 5 heteroatoms. The molecule has 1 aliphatic rings. The van der Waals surface area contributed by atoms with Gasteiger partial charge < -0.3 is 9.64 Å². The first-order valence-corrected chi connectivity index (χ1v) is 10.2. The first-order chi connectivity index (χ1) is 14.0. The number of aromatic nitrogens is 1. The van der Waals surface area contributed by atoms with E-state index in [9.17, 15) is 9.18 Å². The summed E-state index contributed by atoms with van der Waals surface area (Å²) in [5.41, 5.74) is 2.94. The van der Waals surface area contributed by atoms with Crippen molar-refractivity contribution in [2.24, 2.45) is 5.92 Å². The summed E-state index contributed by atoms with van der Waals surface area (Å²) in [6.07, 6.45) is 2.10. The third-order valence-electron chi connectivity index (χ3n) is 5.53. The van der Waals surface area contributed by atoms with Crippen molar-refractivity contribution in [2.75, 3.05) is 19.7 Å². The Kier molecular flexibility index (Phi) is 5.47. The molecule has 1 fully saturated rings. The SMILES string of the molecule is CCOc1cc(-c2ccc(F)cc2)nc2ccc(C(=O)N3CCC(C)CC3)cc12. The van der Waals surface area contributed by atoms with Gasteiger partial charge in [-0.25, -0.2) is 9.37 Å². The Balaban J connectivity index is 1.72. The Bertz CT molecular complexity index is 1020. The topological polar surface area (TPSA) is 42.4 Å². The molecule has 1 saturated heterocycles. The number of carbonyl (C=O) groups excluding carboxylic acids is 1. The predicted molar refractivity (Wildman–Crippen MR) is 113 cm³/mol. The molecule has 0 N–H and O–H groups in total. The van der Waals surface area contributed by atoms with Crippen molar-refractivity contribution in [3.63, 3.8) is 0 Å². The number of benzene rings is 2. The molecule has 150 valence electrons. The average Bonchev–Trinajstić information content (AvgIpc) is 2.74. The van der Waals surface area contributed by atoms with Crippen molar-refractivity contribution in [2.45, 2.75) is 26.7 Å². The molecular weight excluding hydrogens is 367 g/mol. The second-order valence-electron chi connectivity index (χ2n) is 7.65. The predicted octanol–water partition coefficient (Wildman–Crippen LogP) is 5.31. The summed E-state index contributed by atoms with van der Waals surface area (Å²) in [5.74, 6) is 1.13. The summed E-state index contributed by atoms with van der Waals surface area (Å²) >= 11 is 0. The van der Waals surface area contributed by atoms with Crippen LogP contribution in [0.3, 0.4) is 0 Å². The summed E-state index contributed by atoms with van der Waals surface area (Å²) in [5, 5.41) is 0.814. The van der Waals surface area contributed by atoms with Gasteiger partial charge in [-0.3, -0.25) is 4.79 Å². The molecule has 2 heterocycles. The van der Waals surface area contributed by atoms with Crippen LogP contribution in [0.25, 0.3) is 22.2 Å². The number of hydrogen-bond acceptors (Lipinski definition) is 3. The minimum absolute atomic E-state index is 0.0591. The third kappa shape index (κ3) is 4.09. The van der Waals surface area contributed by atoms with Crippen molar-refractivity contribution in [3.8, 4) is 17.0 Å². The maximum Gasteiger partial charge on any atom is 0.253 e. The van der Waals surface area contributed by atoms with Crippen molar-refractivity contribution < 1.29 is 13.9 Å². The van der Waals surface area contributed by atoms with Crippen LogP contribution in [0.4, 0.5) is 4.39 Å². The van der Waals surface area contributed by atoms with Crippen molar-refractivity contribution in [1.82, 2.24) is 9.88 Å². The van der Waals surface area contributed by atoms with Gasteiger partial charge in [0.1, 0.15) is 11.6 Å². The van der Waals surface area contributed by atoms with Crippen LogP contribution in [-0.4, -0.2) is 35.5 Å². The number of nitrogens with zero attached hydrogens (tertiary/aromatic N) is 2. The number of rotatable bonds is 4. The lowest BCUT2D eigenvalue weighted by atomic mass is 9.98. The molecule has 0 unspecified atom stereocenters. The zero-order chi connectivity index (χ0) is 20.4. The lowest BCUT2D eigenvalue weighted by Gasteiger charge is -2.30. The van der Waals surface area contributed by atoms with E-state index in [0.717, 1.165) is 42.4 Å². The van der Waals surface area contributed by atoms with Gasteiger partial charge >= 0.3 is 0 Å². The number of fused-ring (bicyclic) bond motifs is 1. The number of likely N-dealkylation sites (tertiary alicyclic amines) is 1. The van der Waals surface area contributed by atoms with E-state index in [1.807, 2.05) is 36.1 Å². The van der Waals surface area contributed by atoms with Crippen LogP contribution >= 0.6 is 0 Å². The van der Waals surface area contributed by atoms with Crippen LogP contribution in [0.5, 0.6) is 5.75 Å². The summed E-state index contributed by atoms with van der Waals surface area (Å²) in [6, 6.07) is 13.7. The second-order valence-corrected chi connectivity index (χ2v) is 7.65. The van der Waals surface area contributed by atoms with E-state index in [1.165, 1.54) is 12.1 Å². The quantitative estimate of drug-likeness (QED) is 0.604. The smallest absolute Gasteiger partial charge is 0.253 e. The van der Waals surface area contributed by atoms with Crippen LogP contribution < -0.4 is 4.74 Å². The Morgan fingerprint density at radius 3 is 2.55 bits per heavy atom. The van der Waals surface area contributed by atoms with Gasteiger partial charge in [0.15, 0.2) is 0 Å². The molecule has 0 bridgehead atoms. The molecule has 2 aromatic carbocycles. The Hall–Kier alpha value is -2.95. The highest BCUT2D eigenvalue weighted by Gasteiger charge is 2.22. The highest BCUT2D eigenvalue weighted by molar-refractivity contribution is 5.99. The Morgan fingerprint density at radius 2 is 1.86 bits per heavy atom. The second kappa shape index (κ2) is 8.19. The van der Waals surface area contributed by atoms with Crippen LogP contribution in [0.2, 0.25) is 0 Å². The first-order valence-electron chi connectivity index (χ1n) is 10.2. The van der Waals surface area contributed by atoms with Gasteiger partial charge in [0.05, 0.1) is 17.8 Å². The van der Waals surface area contributed by atoms with Gasteiger partial charge in [-0.1, -0.05) is 6.92 Å². The number of piperidine rings is 1. The van der Waals surface area contributed by atoms with Gasteiger partial charge in [0.2, 0.25) is 0 Å². The van der Waals surface area contributed by atoms with E-state index in [4.69, 9.17) is 9.72 Å². The standard InChI is InChI=1S/C24H25FN2O2/c1-3-29-23-15-22(17-4-7-19(25)8-5-17)26-21-9-6-18(14-20(21)23)24(28)27-12-10-16(2)11-13-27/h4-9,14-16H,3,10-13H2,1-2H3. The maximum absolute atomic E-state index is 13.3. The molecule has 0 saturated carbocycles. The molecule has 0 atom stereocenters. The third-order valence-corrected chi connectivity index (χ3v) is 5.53. The molecule has 29 heavy (non-hydrogen) atoms. The average molecular weight is 392 g/mol. The minimum Gasteiger partial charge on any atom is -0.493 e. The van der Waals surface area contributed by atoms with Crippen LogP contribution in [0.15, 0.2) is 48.5 Å². The van der Waals surface area contributed by atoms with Gasteiger partial charge in [-0.2, -0.15) is 0 Å². The zero-order valence-corrected chi connectivity index (χ0v) is 16.8. The van der Waals surface area contributed by atoms with Gasteiger partial charge in [0, 0.05) is 35.7 Å². The van der Waals surface area contributed by atoms with Crippen molar-refractivity contribution in [1.29, 1.82) is 0 Å². The molecule has 4 nitrogen and oxygen atoms in total. The van der Waals surface area contributed by atoms with E-state index in [2.05, 4.69) is 6.92 Å². The lowest BCUT2D eigenvalue weighted by Crippen LogP contribution is -2.37. The lowest BCUT2D eigenvalue weighted by molar-refractivity contribution is 0.0697. The van der Waals surface area contributed by atoms with E-state index >= 15 is 0 Å². The van der Waals surface area contributed by atoms with Crippen LogP contribution in [0.1, 0.15) is 37.0 Å². The molecule has 0 radical (unpaired) electrons. The highest BCUT2D eigenvalue weighted by atomic mass is 19.1. The number of ether oxygens (including phenoxy) is 1. The first kappa shape index (κ1) is 19.4. The molecule has 0 aliphatic carbocycles. The van der Waals surface area contributed by atoms with Gasteiger partial charge in [-0.05, 0) is 68.1 Å². The Morgan fingerprint density at radius 1 is 1.14 bits per heavy atom. The maximum atomic E-state index is 13.3. The molecule has 1 aliphatic heterocycles. The molecule has 1 aromatic heterocycles. The van der Waals surface area contributed by atoms with Crippen LogP contribution in [0, 0.1) is 11.7 Å². The fourth-order valence-electron chi connectivity index (χ4n) is 3.77. The largest absolute Gasteiger partial charge is 0.493 e. The molecule has 3 aromatic rings. The van der Waals surface area contributed by atoms with Crippen molar-refractivity contribution in [3.05, 3.63) is 59.9 Å². The number of amides is 1. The summed E-state index contributed by atoms with van der Waals surface area (Å²) < 4.78 is 19.1. The number of hydrogen-bond donors (Lipinski definition) is 0. The summed E-state index contributed by atoms with van der Waals surface area (Å²) in [6.45, 7) is 6.27. The highest BCUT2D eigenvalue weighted by Crippen LogP contribution is 2.31. The normalized spacial score (nSPS) is 14.9. The summed E-state index contributed by atoms with van der Waals surface area (Å²) in [4.78, 5) is 19.6. The van der Waals surface area contributed by atoms with E-state index < -0.39 is 0 Å². The summed E-state index contributed by atoms with van der Waals surface area (Å²) in [7, 11) is 0. The Labute approximate surface area is 170 Å². The molecular formula is C24H25FN2O2. The zero-order valence-electron chi connectivity index (χ0n) is 16.8. The molecule has 1 amide bonds. The van der Waals surface area contributed by atoms with Crippen molar-refractivity contribution >= 4 is 16.8 Å². The number of carbonyl (C=O) groups is 1. The minimum atomic E-state index is -0.283. The van der Waals surface area contributed by atoms with Crippen LogP contribution in [-0.2, 0) is 0 Å². The van der Waals surface area contributed by atoms with Gasteiger partial charge in [-0.15, -0.1) is 0 Å². The fourth-order valence-corrected chi connectivity index (χ4v) is 3.77. The fraction of sp³-hybridized carbons (Fsp3) is 0.333. The number of pyridine rings is 1. The van der Waals surface area contributed by atoms with E-state index in [1.54, 1.807) is 12.1 Å². The van der Waals surface area contributed by atoms with E-state index in [-0.39, 0.29) is 11.7 Å². The molecule has 0 spiro atoms. The molecule has 4 rings (SSSR count). The van der Waals surface area contributed by atoms with Gasteiger partial charge in [0.25, 0.3) is 5.91 Å². The van der Waals surface area contributed by atoms with E-state index in [0.29, 0.717) is 29.5 Å². The number of halogens is 1.